The Balaban J connectivity index is 2.20. The smallest absolute Gasteiger partial charge is 0.0503 e. The fraction of sp³-hybridized carbons (Fsp3) is 0.647. The third-order valence-electron chi connectivity index (χ3n) is 4.31. The van der Waals surface area contributed by atoms with E-state index in [0.29, 0.717) is 12.0 Å². The summed E-state index contributed by atoms with van der Waals surface area (Å²) in [5.74, 6) is 0.727. The number of hydrogen-bond acceptors (Lipinski definition) is 2. The number of anilines is 1. The summed E-state index contributed by atoms with van der Waals surface area (Å²) in [6, 6.07) is 8.64. The highest BCUT2D eigenvalue weighted by Gasteiger charge is 2.41. The van der Waals surface area contributed by atoms with Gasteiger partial charge in [-0.15, -0.1) is 0 Å². The zero-order valence-electron chi connectivity index (χ0n) is 12.8. The Bertz CT molecular complexity index is 421. The van der Waals surface area contributed by atoms with Crippen LogP contribution in [0.4, 0.5) is 5.69 Å². The van der Waals surface area contributed by atoms with Crippen LogP contribution in [0.2, 0.25) is 0 Å². The highest BCUT2D eigenvalue weighted by atomic mass is 15.0. The van der Waals surface area contributed by atoms with Crippen LogP contribution in [-0.2, 0) is 0 Å². The first kappa shape index (κ1) is 14.4. The molecule has 1 aromatic rings. The first-order valence-corrected chi connectivity index (χ1v) is 7.39. The number of nitrogens with two attached hydrogens (primary N) is 1. The summed E-state index contributed by atoms with van der Waals surface area (Å²) in [6.45, 7) is 9.90. The molecule has 106 valence electrons. The molecular formula is C17H28N2. The van der Waals surface area contributed by atoms with E-state index in [-0.39, 0.29) is 5.54 Å². The molecule has 1 aromatic carbocycles. The lowest BCUT2D eigenvalue weighted by Crippen LogP contribution is -2.52. The monoisotopic (exact) mass is 260 g/mol. The topological polar surface area (TPSA) is 38.0 Å². The molecule has 0 spiro atoms. The molecule has 0 amide bonds. The SMILES string of the molecule is Cc1ccc(NC2(CN)CC(C)CC(C)(C)C2)cc1. The van der Waals surface area contributed by atoms with E-state index in [1.54, 1.807) is 0 Å². The van der Waals surface area contributed by atoms with Gasteiger partial charge in [0.15, 0.2) is 0 Å². The molecule has 2 rings (SSSR count). The Morgan fingerprint density at radius 1 is 1.21 bits per heavy atom. The molecule has 19 heavy (non-hydrogen) atoms. The fourth-order valence-electron chi connectivity index (χ4n) is 3.99. The van der Waals surface area contributed by atoms with E-state index in [9.17, 15) is 0 Å². The Morgan fingerprint density at radius 2 is 1.84 bits per heavy atom. The van der Waals surface area contributed by atoms with Crippen LogP contribution in [-0.4, -0.2) is 12.1 Å². The van der Waals surface area contributed by atoms with Gasteiger partial charge < -0.3 is 11.1 Å². The van der Waals surface area contributed by atoms with Crippen molar-refractivity contribution in [3.8, 4) is 0 Å². The molecule has 1 saturated carbocycles. The van der Waals surface area contributed by atoms with Gasteiger partial charge in [0.25, 0.3) is 0 Å². The highest BCUT2D eigenvalue weighted by molar-refractivity contribution is 5.47. The van der Waals surface area contributed by atoms with E-state index in [4.69, 9.17) is 5.73 Å². The molecule has 0 bridgehead atoms. The molecule has 0 aliphatic heterocycles. The van der Waals surface area contributed by atoms with E-state index >= 15 is 0 Å². The number of rotatable bonds is 3. The van der Waals surface area contributed by atoms with Gasteiger partial charge in [0, 0.05) is 12.2 Å². The van der Waals surface area contributed by atoms with Crippen molar-refractivity contribution in [2.45, 2.75) is 52.5 Å². The second-order valence-electron chi connectivity index (χ2n) is 7.33. The van der Waals surface area contributed by atoms with Crippen LogP contribution in [0.3, 0.4) is 0 Å². The van der Waals surface area contributed by atoms with Crippen LogP contribution in [0.25, 0.3) is 0 Å². The van der Waals surface area contributed by atoms with Crippen molar-refractivity contribution in [3.63, 3.8) is 0 Å². The molecule has 0 radical (unpaired) electrons. The van der Waals surface area contributed by atoms with Gasteiger partial charge in [-0.25, -0.2) is 0 Å². The Morgan fingerprint density at radius 3 is 2.37 bits per heavy atom. The van der Waals surface area contributed by atoms with Gasteiger partial charge in [-0.2, -0.15) is 0 Å². The second-order valence-corrected chi connectivity index (χ2v) is 7.33. The van der Waals surface area contributed by atoms with Crippen LogP contribution >= 0.6 is 0 Å². The summed E-state index contributed by atoms with van der Waals surface area (Å²) < 4.78 is 0. The average Bonchev–Trinajstić information content (AvgIpc) is 2.29. The van der Waals surface area contributed by atoms with Gasteiger partial charge in [-0.1, -0.05) is 38.5 Å². The van der Waals surface area contributed by atoms with E-state index in [2.05, 4.69) is 57.3 Å². The van der Waals surface area contributed by atoms with E-state index < -0.39 is 0 Å². The van der Waals surface area contributed by atoms with Crippen LogP contribution in [0.1, 0.15) is 45.6 Å². The maximum atomic E-state index is 6.14. The Kier molecular flexibility index (Phi) is 3.91. The largest absolute Gasteiger partial charge is 0.378 e. The Labute approximate surface area is 117 Å². The minimum atomic E-state index is 0.0520. The lowest BCUT2D eigenvalue weighted by Gasteiger charge is -2.48. The van der Waals surface area contributed by atoms with Gasteiger partial charge >= 0.3 is 0 Å². The van der Waals surface area contributed by atoms with E-state index in [1.165, 1.54) is 24.1 Å². The summed E-state index contributed by atoms with van der Waals surface area (Å²) in [6.07, 6.45) is 3.61. The quantitative estimate of drug-likeness (QED) is 0.863. The molecule has 1 aliphatic carbocycles. The lowest BCUT2D eigenvalue weighted by atomic mass is 9.64. The molecule has 0 heterocycles. The summed E-state index contributed by atoms with van der Waals surface area (Å²) in [4.78, 5) is 0. The standard InChI is InChI=1S/C17H28N2/c1-13-5-7-15(8-6-13)19-17(12-18)10-14(2)9-16(3,4)11-17/h5-8,14,19H,9-12,18H2,1-4H3. The average molecular weight is 260 g/mol. The minimum Gasteiger partial charge on any atom is -0.378 e. The molecular weight excluding hydrogens is 232 g/mol. The number of hydrogen-bond donors (Lipinski definition) is 2. The van der Waals surface area contributed by atoms with Crippen molar-refractivity contribution in [2.75, 3.05) is 11.9 Å². The molecule has 2 atom stereocenters. The van der Waals surface area contributed by atoms with Crippen molar-refractivity contribution >= 4 is 5.69 Å². The second kappa shape index (κ2) is 5.16. The molecule has 1 aliphatic rings. The van der Waals surface area contributed by atoms with Crippen molar-refractivity contribution in [1.82, 2.24) is 0 Å². The number of benzene rings is 1. The first-order valence-electron chi connectivity index (χ1n) is 7.39. The summed E-state index contributed by atoms with van der Waals surface area (Å²) in [7, 11) is 0. The van der Waals surface area contributed by atoms with Gasteiger partial charge in [0.05, 0.1) is 5.54 Å². The lowest BCUT2D eigenvalue weighted by molar-refractivity contribution is 0.125. The van der Waals surface area contributed by atoms with Gasteiger partial charge in [0.1, 0.15) is 0 Å². The van der Waals surface area contributed by atoms with Crippen molar-refractivity contribution in [2.24, 2.45) is 17.1 Å². The van der Waals surface area contributed by atoms with Gasteiger partial charge in [0.2, 0.25) is 0 Å². The van der Waals surface area contributed by atoms with Crippen LogP contribution < -0.4 is 11.1 Å². The van der Waals surface area contributed by atoms with E-state index in [0.717, 1.165) is 12.3 Å². The molecule has 3 N–H and O–H groups in total. The van der Waals surface area contributed by atoms with Crippen molar-refractivity contribution in [3.05, 3.63) is 29.8 Å². The normalized spacial score (nSPS) is 30.1. The third-order valence-corrected chi connectivity index (χ3v) is 4.31. The van der Waals surface area contributed by atoms with Crippen molar-refractivity contribution < 1.29 is 0 Å². The zero-order valence-corrected chi connectivity index (χ0v) is 12.8. The predicted molar refractivity (Wildman–Crippen MR) is 83.4 cm³/mol. The maximum Gasteiger partial charge on any atom is 0.0503 e. The molecule has 2 nitrogen and oxygen atoms in total. The molecule has 0 saturated heterocycles. The number of aryl methyl sites for hydroxylation is 1. The van der Waals surface area contributed by atoms with Gasteiger partial charge in [-0.05, 0) is 49.7 Å². The maximum absolute atomic E-state index is 6.14. The molecule has 1 fully saturated rings. The molecule has 2 heteroatoms. The first-order chi connectivity index (χ1) is 8.84. The fourth-order valence-corrected chi connectivity index (χ4v) is 3.99. The highest BCUT2D eigenvalue weighted by Crippen LogP contribution is 2.44. The number of nitrogens with one attached hydrogen (secondary N) is 1. The zero-order chi connectivity index (χ0) is 14.1. The summed E-state index contributed by atoms with van der Waals surface area (Å²) in [5, 5.41) is 3.73. The van der Waals surface area contributed by atoms with Gasteiger partial charge in [-0.3, -0.25) is 0 Å². The van der Waals surface area contributed by atoms with E-state index in [1.807, 2.05) is 0 Å². The summed E-state index contributed by atoms with van der Waals surface area (Å²) >= 11 is 0. The minimum absolute atomic E-state index is 0.0520. The Hall–Kier alpha value is -1.02. The summed E-state index contributed by atoms with van der Waals surface area (Å²) in [5.41, 5.74) is 9.05. The third kappa shape index (κ3) is 3.50. The van der Waals surface area contributed by atoms with Crippen LogP contribution in [0, 0.1) is 18.3 Å². The molecule has 2 unspecified atom stereocenters. The predicted octanol–water partition coefficient (Wildman–Crippen LogP) is 3.95. The van der Waals surface area contributed by atoms with Crippen LogP contribution in [0.5, 0.6) is 0 Å². The van der Waals surface area contributed by atoms with Crippen molar-refractivity contribution in [1.29, 1.82) is 0 Å². The molecule has 0 aromatic heterocycles. The van der Waals surface area contributed by atoms with Crippen LogP contribution in [0.15, 0.2) is 24.3 Å².